The van der Waals surface area contributed by atoms with Crippen LogP contribution in [-0.2, 0) is 6.54 Å². The van der Waals surface area contributed by atoms with Crippen molar-refractivity contribution in [1.82, 2.24) is 19.4 Å². The molecule has 8 nitrogen and oxygen atoms in total. The Labute approximate surface area is 156 Å². The number of pyridine rings is 1. The first-order valence-electron chi connectivity index (χ1n) is 9.31. The molecule has 2 aromatic rings. The second-order valence-electron chi connectivity index (χ2n) is 7.34. The monoisotopic (exact) mass is 369 g/mol. The van der Waals surface area contributed by atoms with E-state index in [4.69, 9.17) is 4.98 Å². The van der Waals surface area contributed by atoms with Gasteiger partial charge in [-0.2, -0.15) is 0 Å². The molecular formula is C19H23N5O3. The molecule has 4 rings (SSSR count). The highest BCUT2D eigenvalue weighted by Gasteiger charge is 2.43. The average Bonchev–Trinajstić information content (AvgIpc) is 2.68. The van der Waals surface area contributed by atoms with Crippen LogP contribution in [0.15, 0.2) is 35.4 Å². The van der Waals surface area contributed by atoms with Crippen LogP contribution in [0.3, 0.4) is 0 Å². The van der Waals surface area contributed by atoms with E-state index in [1.165, 1.54) is 4.90 Å². The lowest BCUT2D eigenvalue weighted by molar-refractivity contribution is 0.0783. The lowest BCUT2D eigenvalue weighted by Gasteiger charge is -2.48. The van der Waals surface area contributed by atoms with E-state index in [1.807, 2.05) is 19.1 Å². The lowest BCUT2D eigenvalue weighted by atomic mass is 9.79. The van der Waals surface area contributed by atoms with Crippen molar-refractivity contribution in [2.45, 2.75) is 50.7 Å². The number of likely N-dealkylation sites (tertiary alicyclic amines) is 1. The SMILES string of the molecule is CCC1CC2(CCN1C(=O)O)CCn1c(nc(-c3ccncc3)cc1=O)N2. The largest absolute Gasteiger partial charge is 0.465 e. The maximum Gasteiger partial charge on any atom is 0.407 e. The van der Waals surface area contributed by atoms with E-state index in [1.54, 1.807) is 23.0 Å². The van der Waals surface area contributed by atoms with E-state index < -0.39 is 6.09 Å². The summed E-state index contributed by atoms with van der Waals surface area (Å²) in [6, 6.07) is 5.19. The van der Waals surface area contributed by atoms with Crippen molar-refractivity contribution in [3.8, 4) is 11.3 Å². The van der Waals surface area contributed by atoms with Crippen molar-refractivity contribution in [3.05, 3.63) is 40.9 Å². The maximum atomic E-state index is 12.6. The Morgan fingerprint density at radius 1 is 1.33 bits per heavy atom. The Morgan fingerprint density at radius 2 is 2.07 bits per heavy atom. The Balaban J connectivity index is 1.66. The summed E-state index contributed by atoms with van der Waals surface area (Å²) in [7, 11) is 0. The van der Waals surface area contributed by atoms with E-state index in [-0.39, 0.29) is 17.1 Å². The summed E-state index contributed by atoms with van der Waals surface area (Å²) in [6.07, 6.45) is 5.50. The molecule has 142 valence electrons. The summed E-state index contributed by atoms with van der Waals surface area (Å²) < 4.78 is 1.67. The fraction of sp³-hybridized carbons (Fsp3) is 0.474. The summed E-state index contributed by atoms with van der Waals surface area (Å²) >= 11 is 0. The van der Waals surface area contributed by atoms with E-state index in [0.717, 1.165) is 24.8 Å². The normalized spacial score (nSPS) is 24.3. The molecule has 4 heterocycles. The van der Waals surface area contributed by atoms with Gasteiger partial charge in [0, 0.05) is 48.7 Å². The number of rotatable bonds is 2. The number of carboxylic acid groups (broad SMARTS) is 1. The smallest absolute Gasteiger partial charge is 0.407 e. The van der Waals surface area contributed by atoms with Crippen LogP contribution in [0.4, 0.5) is 10.7 Å². The summed E-state index contributed by atoms with van der Waals surface area (Å²) in [5, 5.41) is 12.9. The zero-order chi connectivity index (χ0) is 19.0. The highest BCUT2D eigenvalue weighted by Crippen LogP contribution is 2.37. The second-order valence-corrected chi connectivity index (χ2v) is 7.34. The topological polar surface area (TPSA) is 100 Å². The first-order valence-corrected chi connectivity index (χ1v) is 9.31. The van der Waals surface area contributed by atoms with Gasteiger partial charge in [-0.3, -0.25) is 14.3 Å². The van der Waals surface area contributed by atoms with E-state index in [9.17, 15) is 14.7 Å². The molecule has 1 spiro atoms. The zero-order valence-electron chi connectivity index (χ0n) is 15.3. The standard InChI is InChI=1S/C19H23N5O3/c1-2-14-12-19(5-9-23(14)18(26)27)6-10-24-16(25)11-15(21-17(24)22-19)13-3-7-20-8-4-13/h3-4,7-8,11,14H,2,5-6,9-10,12H2,1H3,(H,21,22)(H,26,27). The van der Waals surface area contributed by atoms with Gasteiger partial charge in [0.15, 0.2) is 0 Å². The van der Waals surface area contributed by atoms with Gasteiger partial charge in [0.1, 0.15) is 0 Å². The number of fused-ring (bicyclic) bond motifs is 1. The van der Waals surface area contributed by atoms with Crippen LogP contribution in [0.25, 0.3) is 11.3 Å². The van der Waals surface area contributed by atoms with Gasteiger partial charge in [0.05, 0.1) is 5.69 Å². The van der Waals surface area contributed by atoms with Gasteiger partial charge in [-0.25, -0.2) is 9.78 Å². The number of piperidine rings is 1. The first-order chi connectivity index (χ1) is 13.0. The van der Waals surface area contributed by atoms with Crippen LogP contribution in [0.5, 0.6) is 0 Å². The molecule has 0 radical (unpaired) electrons. The van der Waals surface area contributed by atoms with Crippen LogP contribution in [-0.4, -0.2) is 48.8 Å². The number of carbonyl (C=O) groups is 1. The Hall–Kier alpha value is -2.90. The van der Waals surface area contributed by atoms with E-state index >= 15 is 0 Å². The van der Waals surface area contributed by atoms with Gasteiger partial charge in [0.2, 0.25) is 5.95 Å². The number of nitrogens with one attached hydrogen (secondary N) is 1. The maximum absolute atomic E-state index is 12.6. The van der Waals surface area contributed by atoms with Gasteiger partial charge >= 0.3 is 6.09 Å². The Bertz CT molecular complexity index is 913. The summed E-state index contributed by atoms with van der Waals surface area (Å²) in [4.78, 5) is 34.3. The predicted octanol–water partition coefficient (Wildman–Crippen LogP) is 2.41. The third-order valence-electron chi connectivity index (χ3n) is 5.79. The molecule has 1 fully saturated rings. The molecule has 1 amide bonds. The van der Waals surface area contributed by atoms with Crippen LogP contribution < -0.4 is 10.9 Å². The minimum absolute atomic E-state index is 0.0228. The molecule has 8 heteroatoms. The number of anilines is 1. The van der Waals surface area contributed by atoms with Gasteiger partial charge < -0.3 is 15.3 Å². The van der Waals surface area contributed by atoms with Crippen LogP contribution in [0.2, 0.25) is 0 Å². The minimum Gasteiger partial charge on any atom is -0.465 e. The molecule has 1 saturated heterocycles. The quantitative estimate of drug-likeness (QED) is 0.843. The molecule has 2 N–H and O–H groups in total. The number of nitrogens with zero attached hydrogens (tertiary/aromatic N) is 4. The number of amides is 1. The molecule has 0 saturated carbocycles. The summed E-state index contributed by atoms with van der Waals surface area (Å²) in [5.74, 6) is 0.569. The molecule has 2 aliphatic rings. The van der Waals surface area contributed by atoms with Crippen molar-refractivity contribution in [1.29, 1.82) is 0 Å². The fourth-order valence-electron chi connectivity index (χ4n) is 4.25. The van der Waals surface area contributed by atoms with Crippen molar-refractivity contribution in [2.24, 2.45) is 0 Å². The van der Waals surface area contributed by atoms with Crippen LogP contribution in [0.1, 0.15) is 32.6 Å². The molecular weight excluding hydrogens is 346 g/mol. The number of aromatic nitrogens is 3. The highest BCUT2D eigenvalue weighted by atomic mass is 16.4. The van der Waals surface area contributed by atoms with E-state index in [0.29, 0.717) is 31.2 Å². The molecule has 2 atom stereocenters. The van der Waals surface area contributed by atoms with E-state index in [2.05, 4.69) is 10.3 Å². The molecule has 0 aliphatic carbocycles. The zero-order valence-corrected chi connectivity index (χ0v) is 15.3. The average molecular weight is 369 g/mol. The molecule has 2 aliphatic heterocycles. The minimum atomic E-state index is -0.859. The lowest BCUT2D eigenvalue weighted by Crippen LogP contribution is -2.57. The molecule has 27 heavy (non-hydrogen) atoms. The molecule has 0 aromatic carbocycles. The Kier molecular flexibility index (Phi) is 4.33. The second kappa shape index (κ2) is 6.68. The highest BCUT2D eigenvalue weighted by molar-refractivity contribution is 5.66. The number of hydrogen-bond donors (Lipinski definition) is 2. The summed E-state index contributed by atoms with van der Waals surface area (Å²) in [6.45, 7) is 3.10. The Morgan fingerprint density at radius 3 is 2.78 bits per heavy atom. The van der Waals surface area contributed by atoms with Gasteiger partial charge in [0.25, 0.3) is 5.56 Å². The van der Waals surface area contributed by atoms with Gasteiger partial charge in [-0.15, -0.1) is 0 Å². The van der Waals surface area contributed by atoms with Crippen LogP contribution >= 0.6 is 0 Å². The van der Waals surface area contributed by atoms with Gasteiger partial charge in [-0.1, -0.05) is 6.92 Å². The van der Waals surface area contributed by atoms with Gasteiger partial charge in [-0.05, 0) is 37.8 Å². The third kappa shape index (κ3) is 3.15. The summed E-state index contributed by atoms with van der Waals surface area (Å²) in [5.41, 5.74) is 1.17. The van der Waals surface area contributed by atoms with Crippen molar-refractivity contribution in [2.75, 3.05) is 11.9 Å². The molecule has 0 bridgehead atoms. The number of hydrogen-bond acceptors (Lipinski definition) is 5. The fourth-order valence-corrected chi connectivity index (χ4v) is 4.25. The van der Waals surface area contributed by atoms with Crippen molar-refractivity contribution in [3.63, 3.8) is 0 Å². The predicted molar refractivity (Wildman–Crippen MR) is 101 cm³/mol. The molecule has 2 unspecified atom stereocenters. The van der Waals surface area contributed by atoms with Crippen molar-refractivity contribution < 1.29 is 9.90 Å². The van der Waals surface area contributed by atoms with Crippen LogP contribution in [0, 0.1) is 0 Å². The first kappa shape index (κ1) is 17.5. The van der Waals surface area contributed by atoms with Crippen molar-refractivity contribution >= 4 is 12.0 Å². The molecule has 2 aromatic heterocycles. The third-order valence-corrected chi connectivity index (χ3v) is 5.79.